The highest BCUT2D eigenvalue weighted by atomic mass is 32.2. The standard InChI is InChI=1S/C23H30N2O6S2/c1-5-18(31-16-13-11-15(12-14-16)25(3)33(4,28)29)21(26)24-22-20(23(27)30-6-2)17-9-7-8-10-19(17)32-22/h11-14,18H,5-10H2,1-4H3,(H,24,26)/t18-/m0/s1. The van der Waals surface area contributed by atoms with Crippen molar-refractivity contribution in [3.05, 3.63) is 40.3 Å². The normalized spacial score (nSPS) is 14.2. The molecule has 0 aliphatic heterocycles. The molecule has 0 spiro atoms. The van der Waals surface area contributed by atoms with Crippen LogP contribution in [0.3, 0.4) is 0 Å². The van der Waals surface area contributed by atoms with Crippen LogP contribution in [0.2, 0.25) is 0 Å². The summed E-state index contributed by atoms with van der Waals surface area (Å²) in [5.74, 6) is -0.315. The Hall–Kier alpha value is -2.59. The fraction of sp³-hybridized carbons (Fsp3) is 0.478. The predicted octanol–water partition coefficient (Wildman–Crippen LogP) is 4.00. The van der Waals surface area contributed by atoms with Crippen molar-refractivity contribution in [2.75, 3.05) is 29.5 Å². The second-order valence-corrected chi connectivity index (χ2v) is 11.0. The van der Waals surface area contributed by atoms with E-state index in [-0.39, 0.29) is 12.5 Å². The van der Waals surface area contributed by atoms with Gasteiger partial charge in [-0.1, -0.05) is 6.92 Å². The van der Waals surface area contributed by atoms with Gasteiger partial charge in [0.15, 0.2) is 6.10 Å². The van der Waals surface area contributed by atoms with Gasteiger partial charge in [0.2, 0.25) is 10.0 Å². The van der Waals surface area contributed by atoms with Crippen molar-refractivity contribution in [1.82, 2.24) is 0 Å². The quantitative estimate of drug-likeness (QED) is 0.529. The van der Waals surface area contributed by atoms with Crippen LogP contribution in [-0.2, 0) is 32.4 Å². The molecule has 1 heterocycles. The number of aryl methyl sites for hydroxylation is 1. The van der Waals surface area contributed by atoms with Crippen LogP contribution in [0, 0.1) is 0 Å². The average Bonchev–Trinajstić information content (AvgIpc) is 3.14. The van der Waals surface area contributed by atoms with Crippen LogP contribution in [0.15, 0.2) is 24.3 Å². The summed E-state index contributed by atoms with van der Waals surface area (Å²) in [4.78, 5) is 26.8. The largest absolute Gasteiger partial charge is 0.481 e. The fourth-order valence-electron chi connectivity index (χ4n) is 3.68. The molecule has 0 saturated carbocycles. The number of hydrogen-bond acceptors (Lipinski definition) is 7. The molecule has 1 aliphatic carbocycles. The molecule has 33 heavy (non-hydrogen) atoms. The summed E-state index contributed by atoms with van der Waals surface area (Å²) in [7, 11) is -1.90. The molecule has 1 aromatic carbocycles. The number of fused-ring (bicyclic) bond motifs is 1. The minimum atomic E-state index is -3.37. The Balaban J connectivity index is 1.76. The number of amides is 1. The molecular formula is C23H30N2O6S2. The number of hydrogen-bond donors (Lipinski definition) is 1. The summed E-state index contributed by atoms with van der Waals surface area (Å²) in [6.45, 7) is 3.86. The average molecular weight is 495 g/mol. The molecule has 1 N–H and O–H groups in total. The Labute approximate surface area is 198 Å². The SMILES string of the molecule is CCOC(=O)c1c(NC(=O)[C@H](CC)Oc2ccc(N(C)S(C)(=O)=O)cc2)sc2c1CCCC2. The fourth-order valence-corrected chi connectivity index (χ4v) is 5.46. The van der Waals surface area contributed by atoms with Crippen molar-refractivity contribution >= 4 is 43.9 Å². The molecule has 1 amide bonds. The minimum Gasteiger partial charge on any atom is -0.481 e. The highest BCUT2D eigenvalue weighted by Crippen LogP contribution is 2.38. The number of nitrogens with one attached hydrogen (secondary N) is 1. The van der Waals surface area contributed by atoms with Crippen LogP contribution in [0.5, 0.6) is 5.75 Å². The topological polar surface area (TPSA) is 102 Å². The number of anilines is 2. The van der Waals surface area contributed by atoms with E-state index >= 15 is 0 Å². The number of carbonyl (C=O) groups excluding carboxylic acids is 2. The highest BCUT2D eigenvalue weighted by Gasteiger charge is 2.29. The second-order valence-electron chi connectivity index (χ2n) is 7.86. The van der Waals surface area contributed by atoms with Gasteiger partial charge in [0.05, 0.1) is 24.1 Å². The molecule has 0 unspecified atom stereocenters. The molecule has 0 fully saturated rings. The van der Waals surface area contributed by atoms with Crippen LogP contribution < -0.4 is 14.4 Å². The van der Waals surface area contributed by atoms with E-state index in [0.29, 0.717) is 28.4 Å². The Morgan fingerprint density at radius 1 is 1.15 bits per heavy atom. The number of rotatable bonds is 9. The maximum Gasteiger partial charge on any atom is 0.341 e. The third kappa shape index (κ3) is 5.86. The summed E-state index contributed by atoms with van der Waals surface area (Å²) in [6.07, 6.45) is 4.53. The summed E-state index contributed by atoms with van der Waals surface area (Å²) in [5.41, 5.74) is 1.94. The monoisotopic (exact) mass is 494 g/mol. The number of esters is 1. The van der Waals surface area contributed by atoms with Crippen LogP contribution >= 0.6 is 11.3 Å². The van der Waals surface area contributed by atoms with E-state index in [4.69, 9.17) is 9.47 Å². The first kappa shape index (κ1) is 25.0. The van der Waals surface area contributed by atoms with Gasteiger partial charge in [-0.2, -0.15) is 0 Å². The summed E-state index contributed by atoms with van der Waals surface area (Å²) >= 11 is 1.44. The lowest BCUT2D eigenvalue weighted by Gasteiger charge is -2.19. The van der Waals surface area contributed by atoms with Crippen molar-refractivity contribution in [3.63, 3.8) is 0 Å². The van der Waals surface area contributed by atoms with Crippen molar-refractivity contribution in [2.24, 2.45) is 0 Å². The van der Waals surface area contributed by atoms with Gasteiger partial charge >= 0.3 is 5.97 Å². The minimum absolute atomic E-state index is 0.266. The van der Waals surface area contributed by atoms with Crippen LogP contribution in [0.4, 0.5) is 10.7 Å². The molecule has 0 saturated heterocycles. The van der Waals surface area contributed by atoms with Crippen LogP contribution in [0.25, 0.3) is 0 Å². The Bertz CT molecular complexity index is 1110. The van der Waals surface area contributed by atoms with Gasteiger partial charge in [0.25, 0.3) is 5.91 Å². The van der Waals surface area contributed by atoms with Crippen LogP contribution in [0.1, 0.15) is 53.9 Å². The van der Waals surface area contributed by atoms with Crippen molar-refractivity contribution in [2.45, 2.75) is 52.1 Å². The number of thiophene rings is 1. The maximum atomic E-state index is 13.0. The van der Waals surface area contributed by atoms with Gasteiger partial charge in [-0.15, -0.1) is 11.3 Å². The smallest absolute Gasteiger partial charge is 0.341 e. The number of benzene rings is 1. The zero-order valence-corrected chi connectivity index (χ0v) is 21.0. The van der Waals surface area contributed by atoms with Gasteiger partial charge in [0, 0.05) is 11.9 Å². The third-order valence-electron chi connectivity index (χ3n) is 5.53. The van der Waals surface area contributed by atoms with Crippen LogP contribution in [-0.4, -0.2) is 46.3 Å². The molecule has 0 bridgehead atoms. The molecular weight excluding hydrogens is 464 g/mol. The van der Waals surface area contributed by atoms with Crippen molar-refractivity contribution in [3.8, 4) is 5.75 Å². The van der Waals surface area contributed by atoms with E-state index in [1.54, 1.807) is 31.2 Å². The number of ether oxygens (including phenoxy) is 2. The van der Waals surface area contributed by atoms with Crippen molar-refractivity contribution < 1.29 is 27.5 Å². The third-order valence-corrected chi connectivity index (χ3v) is 7.94. The van der Waals surface area contributed by atoms with E-state index in [0.717, 1.165) is 46.7 Å². The lowest BCUT2D eigenvalue weighted by Crippen LogP contribution is -2.32. The van der Waals surface area contributed by atoms with Gasteiger partial charge in [-0.25, -0.2) is 13.2 Å². The number of nitrogens with zero attached hydrogens (tertiary/aromatic N) is 1. The van der Waals surface area contributed by atoms with E-state index in [9.17, 15) is 18.0 Å². The van der Waals surface area contributed by atoms with Crippen molar-refractivity contribution in [1.29, 1.82) is 0 Å². The molecule has 2 aromatic rings. The Morgan fingerprint density at radius 3 is 2.42 bits per heavy atom. The lowest BCUT2D eigenvalue weighted by molar-refractivity contribution is -0.122. The summed E-state index contributed by atoms with van der Waals surface area (Å²) in [5, 5.41) is 3.41. The van der Waals surface area contributed by atoms with Gasteiger partial charge < -0.3 is 14.8 Å². The lowest BCUT2D eigenvalue weighted by atomic mass is 9.95. The van der Waals surface area contributed by atoms with E-state index in [1.165, 1.54) is 18.4 Å². The summed E-state index contributed by atoms with van der Waals surface area (Å²) < 4.78 is 35.7. The number of sulfonamides is 1. The molecule has 0 radical (unpaired) electrons. The molecule has 1 aromatic heterocycles. The van der Waals surface area contributed by atoms with E-state index < -0.39 is 22.1 Å². The second kappa shape index (κ2) is 10.6. The number of carbonyl (C=O) groups is 2. The first-order chi connectivity index (χ1) is 15.7. The Kier molecular flexibility index (Phi) is 8.01. The molecule has 180 valence electrons. The van der Waals surface area contributed by atoms with E-state index in [1.807, 2.05) is 6.92 Å². The molecule has 1 atom stereocenters. The highest BCUT2D eigenvalue weighted by molar-refractivity contribution is 7.92. The molecule has 8 nitrogen and oxygen atoms in total. The zero-order chi connectivity index (χ0) is 24.2. The summed E-state index contributed by atoms with van der Waals surface area (Å²) in [6, 6.07) is 6.49. The predicted molar refractivity (Wildman–Crippen MR) is 130 cm³/mol. The molecule has 3 rings (SSSR count). The van der Waals surface area contributed by atoms with Gasteiger partial charge in [0.1, 0.15) is 10.8 Å². The van der Waals surface area contributed by atoms with E-state index in [2.05, 4.69) is 5.32 Å². The first-order valence-electron chi connectivity index (χ1n) is 11.0. The molecule has 10 heteroatoms. The first-order valence-corrected chi connectivity index (χ1v) is 13.6. The zero-order valence-electron chi connectivity index (χ0n) is 19.3. The van der Waals surface area contributed by atoms with Gasteiger partial charge in [-0.3, -0.25) is 9.10 Å². The maximum absolute atomic E-state index is 13.0. The molecule has 1 aliphatic rings. The Morgan fingerprint density at radius 2 is 1.82 bits per heavy atom. The van der Waals surface area contributed by atoms with Gasteiger partial charge in [-0.05, 0) is 68.9 Å².